The van der Waals surface area contributed by atoms with Crippen LogP contribution in [0.5, 0.6) is 0 Å². The average molecular weight is 254 g/mol. The second-order valence-electron chi connectivity index (χ2n) is 4.07. The Labute approximate surface area is 111 Å². The van der Waals surface area contributed by atoms with Crippen LogP contribution in [0.3, 0.4) is 0 Å². The molecule has 1 N–H and O–H groups in total. The molecule has 2 rings (SSSR count). The van der Waals surface area contributed by atoms with Crippen molar-refractivity contribution in [3.05, 3.63) is 45.8 Å². The van der Waals surface area contributed by atoms with Crippen LogP contribution in [-0.4, -0.2) is 15.0 Å². The quantitative estimate of drug-likeness (QED) is 0.905. The summed E-state index contributed by atoms with van der Waals surface area (Å²) in [6, 6.07) is 1.98. The van der Waals surface area contributed by atoms with Crippen LogP contribution in [0.15, 0.2) is 23.4 Å². The van der Waals surface area contributed by atoms with E-state index in [4.69, 9.17) is 5.26 Å². The fourth-order valence-electron chi connectivity index (χ4n) is 2.18. The number of nitriles is 1. The van der Waals surface area contributed by atoms with E-state index >= 15 is 0 Å². The Bertz CT molecular complexity index is 683. The van der Waals surface area contributed by atoms with E-state index in [1.807, 2.05) is 19.9 Å². The van der Waals surface area contributed by atoms with Gasteiger partial charge in [0.2, 0.25) is 0 Å². The largest absolute Gasteiger partial charge is 0.324 e. The topological polar surface area (TPSA) is 82.4 Å². The fourth-order valence-corrected chi connectivity index (χ4v) is 2.18. The van der Waals surface area contributed by atoms with E-state index in [1.54, 1.807) is 18.6 Å². The van der Waals surface area contributed by atoms with Gasteiger partial charge in [0.1, 0.15) is 11.6 Å². The first-order chi connectivity index (χ1) is 9.22. The molecule has 0 aliphatic rings. The SMILES string of the molecule is CCc1[nH]c(=O)c(C#N)c(CC)c1-c1cnccn1. The van der Waals surface area contributed by atoms with E-state index in [0.29, 0.717) is 18.5 Å². The number of pyridine rings is 1. The maximum absolute atomic E-state index is 11.9. The monoisotopic (exact) mass is 254 g/mol. The summed E-state index contributed by atoms with van der Waals surface area (Å²) in [7, 11) is 0. The number of rotatable bonds is 3. The standard InChI is InChI=1S/C14H14N4O/c1-3-9-10(7-15)14(19)18-11(4-2)13(9)12-8-16-5-6-17-12/h5-6,8H,3-4H2,1-2H3,(H,18,19). The molecule has 0 saturated carbocycles. The van der Waals surface area contributed by atoms with Crippen molar-refractivity contribution in [1.29, 1.82) is 5.26 Å². The molecule has 0 saturated heterocycles. The molecule has 2 aromatic rings. The van der Waals surface area contributed by atoms with Crippen LogP contribution >= 0.6 is 0 Å². The van der Waals surface area contributed by atoms with E-state index < -0.39 is 0 Å². The number of H-pyrrole nitrogens is 1. The second kappa shape index (κ2) is 5.44. The summed E-state index contributed by atoms with van der Waals surface area (Å²) in [6.45, 7) is 3.88. The third kappa shape index (κ3) is 2.25. The summed E-state index contributed by atoms with van der Waals surface area (Å²) in [6.07, 6.45) is 6.11. The van der Waals surface area contributed by atoms with Gasteiger partial charge in [-0.05, 0) is 18.4 Å². The Kier molecular flexibility index (Phi) is 3.71. The van der Waals surface area contributed by atoms with E-state index in [-0.39, 0.29) is 11.1 Å². The van der Waals surface area contributed by atoms with Crippen LogP contribution in [0, 0.1) is 11.3 Å². The number of nitrogens with zero attached hydrogens (tertiary/aromatic N) is 3. The lowest BCUT2D eigenvalue weighted by Gasteiger charge is -2.13. The van der Waals surface area contributed by atoms with Crippen molar-refractivity contribution >= 4 is 0 Å². The normalized spacial score (nSPS) is 10.2. The molecule has 96 valence electrons. The molecule has 5 nitrogen and oxygen atoms in total. The van der Waals surface area contributed by atoms with Crippen LogP contribution in [-0.2, 0) is 12.8 Å². The Balaban J connectivity index is 2.85. The van der Waals surface area contributed by atoms with Crippen LogP contribution < -0.4 is 5.56 Å². The molecule has 0 aromatic carbocycles. The Morgan fingerprint density at radius 3 is 2.63 bits per heavy atom. The number of aryl methyl sites for hydroxylation is 1. The van der Waals surface area contributed by atoms with Gasteiger partial charge in [-0.3, -0.25) is 14.8 Å². The smallest absolute Gasteiger partial charge is 0.266 e. The summed E-state index contributed by atoms with van der Waals surface area (Å²) in [5.74, 6) is 0. The Morgan fingerprint density at radius 1 is 1.32 bits per heavy atom. The number of aromatic amines is 1. The van der Waals surface area contributed by atoms with Crippen LogP contribution in [0.2, 0.25) is 0 Å². The first-order valence-electron chi connectivity index (χ1n) is 6.17. The van der Waals surface area contributed by atoms with Gasteiger partial charge in [0, 0.05) is 23.7 Å². The minimum atomic E-state index is -0.330. The molecule has 0 unspecified atom stereocenters. The average Bonchev–Trinajstić information content (AvgIpc) is 2.46. The van der Waals surface area contributed by atoms with Gasteiger partial charge in [-0.1, -0.05) is 13.8 Å². The Morgan fingerprint density at radius 2 is 2.11 bits per heavy atom. The molecule has 2 aromatic heterocycles. The lowest BCUT2D eigenvalue weighted by molar-refractivity contribution is 0.972. The van der Waals surface area contributed by atoms with Crippen molar-refractivity contribution in [1.82, 2.24) is 15.0 Å². The highest BCUT2D eigenvalue weighted by molar-refractivity contribution is 5.68. The van der Waals surface area contributed by atoms with Gasteiger partial charge in [0.15, 0.2) is 0 Å². The zero-order chi connectivity index (χ0) is 13.8. The molecular formula is C14H14N4O. The summed E-state index contributed by atoms with van der Waals surface area (Å²) in [5, 5.41) is 9.16. The first-order valence-corrected chi connectivity index (χ1v) is 6.17. The summed E-state index contributed by atoms with van der Waals surface area (Å²) >= 11 is 0. The minimum absolute atomic E-state index is 0.167. The van der Waals surface area contributed by atoms with Crippen molar-refractivity contribution in [3.63, 3.8) is 0 Å². The number of nitrogens with one attached hydrogen (secondary N) is 1. The lowest BCUT2D eigenvalue weighted by atomic mass is 9.96. The lowest BCUT2D eigenvalue weighted by Crippen LogP contribution is -2.17. The number of hydrogen-bond donors (Lipinski definition) is 1. The van der Waals surface area contributed by atoms with Crippen LogP contribution in [0.1, 0.15) is 30.7 Å². The van der Waals surface area contributed by atoms with Crippen molar-refractivity contribution < 1.29 is 0 Å². The van der Waals surface area contributed by atoms with E-state index in [1.165, 1.54) is 0 Å². The molecule has 2 heterocycles. The van der Waals surface area contributed by atoms with Crippen LogP contribution in [0.25, 0.3) is 11.3 Å². The zero-order valence-corrected chi connectivity index (χ0v) is 10.9. The first kappa shape index (κ1) is 13.0. The van der Waals surface area contributed by atoms with Crippen LogP contribution in [0.4, 0.5) is 0 Å². The molecule has 19 heavy (non-hydrogen) atoms. The molecule has 0 spiro atoms. The van der Waals surface area contributed by atoms with E-state index in [2.05, 4.69) is 15.0 Å². The molecule has 0 bridgehead atoms. The Hall–Kier alpha value is -2.48. The molecule has 0 aliphatic carbocycles. The predicted molar refractivity (Wildman–Crippen MR) is 71.6 cm³/mol. The molecule has 0 atom stereocenters. The molecule has 0 aliphatic heterocycles. The third-order valence-electron chi connectivity index (χ3n) is 3.04. The molecular weight excluding hydrogens is 240 g/mol. The highest BCUT2D eigenvalue weighted by Crippen LogP contribution is 2.26. The van der Waals surface area contributed by atoms with E-state index in [9.17, 15) is 4.79 Å². The van der Waals surface area contributed by atoms with Gasteiger partial charge in [-0.2, -0.15) is 5.26 Å². The summed E-state index contributed by atoms with van der Waals surface area (Å²) in [5.41, 5.74) is 2.88. The van der Waals surface area contributed by atoms with Gasteiger partial charge < -0.3 is 4.98 Å². The van der Waals surface area contributed by atoms with E-state index in [0.717, 1.165) is 16.8 Å². The molecule has 0 amide bonds. The van der Waals surface area contributed by atoms with Gasteiger partial charge >= 0.3 is 0 Å². The van der Waals surface area contributed by atoms with Crippen molar-refractivity contribution in [2.24, 2.45) is 0 Å². The zero-order valence-electron chi connectivity index (χ0n) is 10.9. The maximum Gasteiger partial charge on any atom is 0.266 e. The summed E-state index contributed by atoms with van der Waals surface area (Å²) < 4.78 is 0. The molecule has 5 heteroatoms. The molecule has 0 radical (unpaired) electrons. The molecule has 0 fully saturated rings. The van der Waals surface area contributed by atoms with Gasteiger partial charge in [-0.25, -0.2) is 0 Å². The van der Waals surface area contributed by atoms with Crippen molar-refractivity contribution in [2.45, 2.75) is 26.7 Å². The van der Waals surface area contributed by atoms with Crippen molar-refractivity contribution in [3.8, 4) is 17.3 Å². The van der Waals surface area contributed by atoms with Gasteiger partial charge in [-0.15, -0.1) is 0 Å². The third-order valence-corrected chi connectivity index (χ3v) is 3.04. The number of hydrogen-bond acceptors (Lipinski definition) is 4. The fraction of sp³-hybridized carbons (Fsp3) is 0.286. The maximum atomic E-state index is 11.9. The van der Waals surface area contributed by atoms with Crippen molar-refractivity contribution in [2.75, 3.05) is 0 Å². The minimum Gasteiger partial charge on any atom is -0.324 e. The van der Waals surface area contributed by atoms with Gasteiger partial charge in [0.25, 0.3) is 5.56 Å². The summed E-state index contributed by atoms with van der Waals surface area (Å²) in [4.78, 5) is 23.0. The second-order valence-corrected chi connectivity index (χ2v) is 4.07. The highest BCUT2D eigenvalue weighted by Gasteiger charge is 2.17. The number of aromatic nitrogens is 3. The van der Waals surface area contributed by atoms with Gasteiger partial charge in [0.05, 0.1) is 11.9 Å². The highest BCUT2D eigenvalue weighted by atomic mass is 16.1. The predicted octanol–water partition coefficient (Wildman–Crippen LogP) is 1.83.